The van der Waals surface area contributed by atoms with Crippen LogP contribution in [0.5, 0.6) is 0 Å². The first kappa shape index (κ1) is 8.70. The van der Waals surface area contributed by atoms with E-state index in [4.69, 9.17) is 0 Å². The van der Waals surface area contributed by atoms with Crippen LogP contribution in [0.2, 0.25) is 0 Å². The molecule has 11 heavy (non-hydrogen) atoms. The third-order valence-corrected chi connectivity index (χ3v) is 2.58. The monoisotopic (exact) mass is 264 g/mol. The largest absolute Gasteiger partial charge is 0.293 e. The van der Waals surface area contributed by atoms with E-state index in [-0.39, 0.29) is 5.78 Å². The summed E-state index contributed by atoms with van der Waals surface area (Å²) in [5.74, 6) is 0.0698. The van der Waals surface area contributed by atoms with E-state index >= 15 is 0 Å². The van der Waals surface area contributed by atoms with Gasteiger partial charge in [-0.2, -0.15) is 5.10 Å². The first-order valence-electron chi connectivity index (χ1n) is 3.24. The van der Waals surface area contributed by atoms with Gasteiger partial charge < -0.3 is 0 Å². The van der Waals surface area contributed by atoms with Crippen LogP contribution in [0.15, 0.2) is 0 Å². The Kier molecular flexibility index (Phi) is 2.31. The highest BCUT2D eigenvalue weighted by atomic mass is 127. The molecule has 0 atom stereocenters. The lowest BCUT2D eigenvalue weighted by Crippen LogP contribution is -2.03. The Balaban J connectivity index is 3.34. The molecule has 1 aromatic heterocycles. The summed E-state index contributed by atoms with van der Waals surface area (Å²) in [4.78, 5) is 11.0. The summed E-state index contributed by atoms with van der Waals surface area (Å²) in [7, 11) is 1.78. The second-order valence-corrected chi connectivity index (χ2v) is 3.47. The van der Waals surface area contributed by atoms with Crippen LogP contribution in [0, 0.1) is 10.6 Å². The minimum atomic E-state index is 0.0698. The Morgan fingerprint density at radius 3 is 2.36 bits per heavy atom. The zero-order chi connectivity index (χ0) is 8.59. The van der Waals surface area contributed by atoms with Gasteiger partial charge in [0.05, 0.1) is 0 Å². The van der Waals surface area contributed by atoms with Crippen molar-refractivity contribution >= 4 is 28.4 Å². The zero-order valence-electron chi connectivity index (χ0n) is 6.68. The summed E-state index contributed by atoms with van der Waals surface area (Å²) in [5, 5.41) is 4.11. The average Bonchev–Trinajstić information content (AvgIpc) is 2.07. The normalized spacial score (nSPS) is 10.2. The van der Waals surface area contributed by atoms with Crippen LogP contribution in [0.3, 0.4) is 0 Å². The third-order valence-electron chi connectivity index (χ3n) is 1.56. The Labute approximate surface area is 78.9 Å². The molecule has 0 aliphatic rings. The highest BCUT2D eigenvalue weighted by Crippen LogP contribution is 2.14. The fourth-order valence-corrected chi connectivity index (χ4v) is 1.67. The molecule has 4 heteroatoms. The number of carbonyl (C=O) groups is 1. The molecule has 0 fully saturated rings. The molecule has 1 rings (SSSR count). The van der Waals surface area contributed by atoms with E-state index < -0.39 is 0 Å². The molecule has 0 saturated heterocycles. The molecular formula is C7H9IN2O. The van der Waals surface area contributed by atoms with Gasteiger partial charge in [-0.3, -0.25) is 9.48 Å². The number of halogens is 1. The highest BCUT2D eigenvalue weighted by molar-refractivity contribution is 14.1. The molecule has 0 aliphatic heterocycles. The van der Waals surface area contributed by atoms with Crippen molar-refractivity contribution in [1.29, 1.82) is 0 Å². The molecule has 0 bridgehead atoms. The second-order valence-electron chi connectivity index (χ2n) is 2.44. The van der Waals surface area contributed by atoms with Crippen molar-refractivity contribution in [1.82, 2.24) is 9.78 Å². The summed E-state index contributed by atoms with van der Waals surface area (Å²) in [5.41, 5.74) is 1.68. The SMILES string of the molecule is CC(=O)c1c(C)c(I)nn1C. The standard InChI is InChI=1S/C7H9IN2O/c1-4-6(5(2)11)10(3)9-7(4)8/h1-3H3. The fourth-order valence-electron chi connectivity index (χ4n) is 1.09. The first-order chi connectivity index (χ1) is 5.04. The molecule has 0 saturated carbocycles. The van der Waals surface area contributed by atoms with Crippen molar-refractivity contribution in [2.45, 2.75) is 13.8 Å². The highest BCUT2D eigenvalue weighted by Gasteiger charge is 2.12. The summed E-state index contributed by atoms with van der Waals surface area (Å²) in [6.45, 7) is 3.46. The Hall–Kier alpha value is -0.390. The Morgan fingerprint density at radius 2 is 2.18 bits per heavy atom. The number of carbonyl (C=O) groups excluding carboxylic acids is 1. The van der Waals surface area contributed by atoms with E-state index in [1.807, 2.05) is 6.92 Å². The number of nitrogens with zero attached hydrogens (tertiary/aromatic N) is 2. The van der Waals surface area contributed by atoms with Crippen LogP contribution >= 0.6 is 22.6 Å². The average molecular weight is 264 g/mol. The van der Waals surface area contributed by atoms with Crippen LogP contribution in [0.1, 0.15) is 23.0 Å². The maximum absolute atomic E-state index is 11.0. The molecule has 3 nitrogen and oxygen atoms in total. The molecule has 1 aromatic rings. The number of aromatic nitrogens is 2. The molecule has 0 spiro atoms. The third kappa shape index (κ3) is 1.45. The van der Waals surface area contributed by atoms with Gasteiger partial charge in [0.1, 0.15) is 9.39 Å². The van der Waals surface area contributed by atoms with E-state index in [0.29, 0.717) is 5.69 Å². The summed E-state index contributed by atoms with van der Waals surface area (Å²) < 4.78 is 2.52. The van der Waals surface area contributed by atoms with Gasteiger partial charge in [0.15, 0.2) is 5.78 Å². The number of hydrogen-bond acceptors (Lipinski definition) is 2. The number of Topliss-reactive ketones (excluding diaryl/α,β-unsaturated/α-hetero) is 1. The summed E-state index contributed by atoms with van der Waals surface area (Å²) in [6.07, 6.45) is 0. The maximum Gasteiger partial charge on any atom is 0.178 e. The molecular weight excluding hydrogens is 255 g/mol. The van der Waals surface area contributed by atoms with Crippen LogP contribution < -0.4 is 0 Å². The van der Waals surface area contributed by atoms with Gasteiger partial charge in [0.25, 0.3) is 0 Å². The van der Waals surface area contributed by atoms with Crippen molar-refractivity contribution in [2.24, 2.45) is 7.05 Å². The Bertz CT molecular complexity index is 304. The topological polar surface area (TPSA) is 34.9 Å². The predicted octanol–water partition coefficient (Wildman–Crippen LogP) is 1.54. The molecule has 0 aromatic carbocycles. The second kappa shape index (κ2) is 2.92. The van der Waals surface area contributed by atoms with Crippen LogP contribution in [0.25, 0.3) is 0 Å². The molecule has 0 unspecified atom stereocenters. The Morgan fingerprint density at radius 1 is 1.64 bits per heavy atom. The minimum absolute atomic E-state index is 0.0698. The molecule has 0 aliphatic carbocycles. The lowest BCUT2D eigenvalue weighted by Gasteiger charge is -1.95. The number of aryl methyl sites for hydroxylation is 1. The number of ketones is 1. The van der Waals surface area contributed by atoms with E-state index in [2.05, 4.69) is 27.7 Å². The van der Waals surface area contributed by atoms with E-state index in [1.54, 1.807) is 18.7 Å². The summed E-state index contributed by atoms with van der Waals surface area (Å²) in [6, 6.07) is 0. The van der Waals surface area contributed by atoms with Gasteiger partial charge >= 0.3 is 0 Å². The van der Waals surface area contributed by atoms with Gasteiger partial charge in [-0.25, -0.2) is 0 Å². The van der Waals surface area contributed by atoms with Crippen molar-refractivity contribution in [3.05, 3.63) is 15.0 Å². The van der Waals surface area contributed by atoms with Crippen molar-refractivity contribution in [3.8, 4) is 0 Å². The molecule has 0 amide bonds. The quantitative estimate of drug-likeness (QED) is 0.569. The van der Waals surface area contributed by atoms with Crippen molar-refractivity contribution < 1.29 is 4.79 Å². The van der Waals surface area contributed by atoms with Gasteiger partial charge in [-0.05, 0) is 29.5 Å². The maximum atomic E-state index is 11.0. The lowest BCUT2D eigenvalue weighted by molar-refractivity contribution is 0.100. The van der Waals surface area contributed by atoms with E-state index in [9.17, 15) is 4.79 Å². The van der Waals surface area contributed by atoms with Gasteiger partial charge in [-0.15, -0.1) is 0 Å². The summed E-state index contributed by atoms with van der Waals surface area (Å²) >= 11 is 2.12. The first-order valence-corrected chi connectivity index (χ1v) is 4.32. The minimum Gasteiger partial charge on any atom is -0.293 e. The van der Waals surface area contributed by atoms with Gasteiger partial charge in [0.2, 0.25) is 0 Å². The smallest absolute Gasteiger partial charge is 0.178 e. The number of hydrogen-bond donors (Lipinski definition) is 0. The lowest BCUT2D eigenvalue weighted by atomic mass is 10.2. The number of rotatable bonds is 1. The van der Waals surface area contributed by atoms with Crippen molar-refractivity contribution in [2.75, 3.05) is 0 Å². The van der Waals surface area contributed by atoms with Gasteiger partial charge in [-0.1, -0.05) is 0 Å². The van der Waals surface area contributed by atoms with Crippen molar-refractivity contribution in [3.63, 3.8) is 0 Å². The molecule has 0 N–H and O–H groups in total. The predicted molar refractivity (Wildman–Crippen MR) is 50.7 cm³/mol. The molecule has 0 radical (unpaired) electrons. The fraction of sp³-hybridized carbons (Fsp3) is 0.429. The van der Waals surface area contributed by atoms with E-state index in [0.717, 1.165) is 9.26 Å². The van der Waals surface area contributed by atoms with Crippen LogP contribution in [0.4, 0.5) is 0 Å². The molecule has 1 heterocycles. The van der Waals surface area contributed by atoms with Gasteiger partial charge in [0, 0.05) is 19.5 Å². The van der Waals surface area contributed by atoms with E-state index in [1.165, 1.54) is 0 Å². The zero-order valence-corrected chi connectivity index (χ0v) is 8.84. The van der Waals surface area contributed by atoms with Crippen LogP contribution in [-0.2, 0) is 7.05 Å². The van der Waals surface area contributed by atoms with Crippen LogP contribution in [-0.4, -0.2) is 15.6 Å². The molecule has 60 valence electrons.